The summed E-state index contributed by atoms with van der Waals surface area (Å²) in [5.41, 5.74) is 5.21. The Balaban J connectivity index is 2.19. The third-order valence-corrected chi connectivity index (χ3v) is 2.97. The third-order valence-electron chi connectivity index (χ3n) is 2.97. The van der Waals surface area contributed by atoms with Gasteiger partial charge in [-0.1, -0.05) is 6.92 Å². The van der Waals surface area contributed by atoms with Gasteiger partial charge in [0.2, 0.25) is 0 Å². The number of nitrogens with two attached hydrogens (primary N) is 1. The Morgan fingerprint density at radius 1 is 1.36 bits per heavy atom. The van der Waals surface area contributed by atoms with Crippen LogP contribution in [-0.4, -0.2) is 30.0 Å². The van der Waals surface area contributed by atoms with Crippen molar-refractivity contribution in [1.29, 1.82) is 0 Å². The second-order valence-electron chi connectivity index (χ2n) is 5.01. The van der Waals surface area contributed by atoms with Gasteiger partial charge in [0, 0.05) is 0 Å². The van der Waals surface area contributed by atoms with E-state index in [1.165, 1.54) is 12.8 Å². The lowest BCUT2D eigenvalue weighted by Crippen LogP contribution is -2.46. The fourth-order valence-electron chi connectivity index (χ4n) is 1.75. The van der Waals surface area contributed by atoms with Gasteiger partial charge in [-0.15, -0.1) is 0 Å². The number of aliphatic hydroxyl groups excluding tert-OH is 1. The van der Waals surface area contributed by atoms with Crippen LogP contribution in [0.25, 0.3) is 0 Å². The average Bonchev–Trinajstić information content (AvgIpc) is 2.17. The highest BCUT2D eigenvalue weighted by Gasteiger charge is 2.23. The van der Waals surface area contributed by atoms with Crippen LogP contribution in [0, 0.1) is 5.92 Å². The molecule has 0 heterocycles. The van der Waals surface area contributed by atoms with Gasteiger partial charge in [0.1, 0.15) is 0 Å². The van der Waals surface area contributed by atoms with E-state index >= 15 is 0 Å². The highest BCUT2D eigenvalue weighted by Crippen LogP contribution is 2.25. The third kappa shape index (κ3) is 3.95. The van der Waals surface area contributed by atoms with Crippen LogP contribution in [0.1, 0.15) is 39.5 Å². The Morgan fingerprint density at radius 3 is 2.43 bits per heavy atom. The smallest absolute Gasteiger partial charge is 0.0669 e. The van der Waals surface area contributed by atoms with E-state index in [1.54, 1.807) is 0 Å². The fourth-order valence-corrected chi connectivity index (χ4v) is 1.75. The van der Waals surface area contributed by atoms with E-state index in [1.807, 2.05) is 6.92 Å². The average molecular weight is 201 g/mol. The number of rotatable bonds is 4. The van der Waals surface area contributed by atoms with Gasteiger partial charge in [-0.2, -0.15) is 0 Å². The summed E-state index contributed by atoms with van der Waals surface area (Å²) in [6.07, 6.45) is 5.15. The zero-order valence-corrected chi connectivity index (χ0v) is 9.33. The topological polar surface area (TPSA) is 55.5 Å². The second-order valence-corrected chi connectivity index (χ2v) is 5.01. The van der Waals surface area contributed by atoms with Crippen molar-refractivity contribution < 1.29 is 9.84 Å². The maximum Gasteiger partial charge on any atom is 0.0669 e. The zero-order valence-electron chi connectivity index (χ0n) is 9.33. The molecule has 3 heteroatoms. The zero-order chi connectivity index (χ0) is 10.6. The molecule has 1 rings (SSSR count). The van der Waals surface area contributed by atoms with Gasteiger partial charge in [-0.05, 0) is 38.5 Å². The van der Waals surface area contributed by atoms with Gasteiger partial charge in [0.25, 0.3) is 0 Å². The van der Waals surface area contributed by atoms with E-state index in [2.05, 4.69) is 6.92 Å². The van der Waals surface area contributed by atoms with Crippen LogP contribution < -0.4 is 5.73 Å². The largest absolute Gasteiger partial charge is 0.394 e. The molecule has 0 amide bonds. The van der Waals surface area contributed by atoms with E-state index in [0.29, 0.717) is 12.7 Å². The number of hydrogen-bond acceptors (Lipinski definition) is 3. The van der Waals surface area contributed by atoms with Gasteiger partial charge >= 0.3 is 0 Å². The molecule has 1 aliphatic rings. The van der Waals surface area contributed by atoms with E-state index in [9.17, 15) is 0 Å². The summed E-state index contributed by atoms with van der Waals surface area (Å²) in [5.74, 6) is 0.844. The first-order valence-electron chi connectivity index (χ1n) is 5.55. The quantitative estimate of drug-likeness (QED) is 0.720. The van der Waals surface area contributed by atoms with Crippen molar-refractivity contribution in [1.82, 2.24) is 0 Å². The maximum atomic E-state index is 8.96. The van der Waals surface area contributed by atoms with Crippen molar-refractivity contribution in [2.75, 3.05) is 13.2 Å². The Bertz CT molecular complexity index is 163. The normalized spacial score (nSPS) is 32.6. The minimum atomic E-state index is -0.580. The molecule has 1 atom stereocenters. The summed E-state index contributed by atoms with van der Waals surface area (Å²) in [5, 5.41) is 8.96. The lowest BCUT2D eigenvalue weighted by atomic mass is 9.89. The van der Waals surface area contributed by atoms with Gasteiger partial charge in [-0.3, -0.25) is 0 Å². The second kappa shape index (κ2) is 5.10. The van der Waals surface area contributed by atoms with Crippen LogP contribution in [0.4, 0.5) is 0 Å². The number of aliphatic hydroxyl groups is 1. The van der Waals surface area contributed by atoms with Crippen LogP contribution >= 0.6 is 0 Å². The van der Waals surface area contributed by atoms with Gasteiger partial charge < -0.3 is 15.6 Å². The van der Waals surface area contributed by atoms with Crippen LogP contribution in [0.15, 0.2) is 0 Å². The van der Waals surface area contributed by atoms with Crippen molar-refractivity contribution in [2.45, 2.75) is 51.2 Å². The first kappa shape index (κ1) is 12.0. The molecule has 1 unspecified atom stereocenters. The molecule has 0 aliphatic heterocycles. The lowest BCUT2D eigenvalue weighted by Gasteiger charge is -2.30. The van der Waals surface area contributed by atoms with Gasteiger partial charge in [-0.25, -0.2) is 0 Å². The molecular weight excluding hydrogens is 178 g/mol. The Labute approximate surface area is 86.6 Å². The molecule has 0 aromatic carbocycles. The highest BCUT2D eigenvalue weighted by molar-refractivity contribution is 4.78. The molecule has 3 N–H and O–H groups in total. The molecule has 0 bridgehead atoms. The molecule has 0 radical (unpaired) electrons. The summed E-state index contributed by atoms with van der Waals surface area (Å²) in [4.78, 5) is 0. The first-order valence-corrected chi connectivity index (χ1v) is 5.55. The molecule has 3 nitrogen and oxygen atoms in total. The van der Waals surface area contributed by atoms with Crippen molar-refractivity contribution in [2.24, 2.45) is 11.7 Å². The minimum absolute atomic E-state index is 0.0177. The molecule has 1 fully saturated rings. The summed E-state index contributed by atoms with van der Waals surface area (Å²) >= 11 is 0. The highest BCUT2D eigenvalue weighted by atomic mass is 16.5. The monoisotopic (exact) mass is 201 g/mol. The van der Waals surface area contributed by atoms with Crippen LogP contribution in [0.3, 0.4) is 0 Å². The summed E-state index contributed by atoms with van der Waals surface area (Å²) in [7, 11) is 0. The van der Waals surface area contributed by atoms with Crippen LogP contribution in [0.2, 0.25) is 0 Å². The van der Waals surface area contributed by atoms with Crippen molar-refractivity contribution in [3.8, 4) is 0 Å². The molecule has 14 heavy (non-hydrogen) atoms. The van der Waals surface area contributed by atoms with Crippen molar-refractivity contribution >= 4 is 0 Å². The van der Waals surface area contributed by atoms with Gasteiger partial charge in [0.15, 0.2) is 0 Å². The van der Waals surface area contributed by atoms with E-state index in [0.717, 1.165) is 18.8 Å². The number of ether oxygens (including phenoxy) is 1. The predicted molar refractivity (Wildman–Crippen MR) is 57.1 cm³/mol. The van der Waals surface area contributed by atoms with E-state index < -0.39 is 5.54 Å². The molecule has 1 saturated carbocycles. The SMILES string of the molecule is CC1CCC(OCC(C)(N)CO)CC1. The molecule has 0 aromatic heterocycles. The number of hydrogen-bond donors (Lipinski definition) is 2. The molecule has 84 valence electrons. The minimum Gasteiger partial charge on any atom is -0.394 e. The summed E-state index contributed by atoms with van der Waals surface area (Å²) < 4.78 is 5.70. The predicted octanol–water partition coefficient (Wildman–Crippen LogP) is 1.29. The lowest BCUT2D eigenvalue weighted by molar-refractivity contribution is -0.0143. The summed E-state index contributed by atoms with van der Waals surface area (Å²) in [6.45, 7) is 4.55. The van der Waals surface area contributed by atoms with Gasteiger partial charge in [0.05, 0.1) is 24.9 Å². The first-order chi connectivity index (χ1) is 6.53. The Hall–Kier alpha value is -0.120. The van der Waals surface area contributed by atoms with Crippen molar-refractivity contribution in [3.63, 3.8) is 0 Å². The molecule has 1 aliphatic carbocycles. The maximum absolute atomic E-state index is 8.96. The van der Waals surface area contributed by atoms with Crippen LogP contribution in [0.5, 0.6) is 0 Å². The summed E-state index contributed by atoms with van der Waals surface area (Å²) in [6, 6.07) is 0. The molecular formula is C11H23NO2. The molecule has 0 saturated heterocycles. The molecule has 0 aromatic rings. The molecule has 0 spiro atoms. The Morgan fingerprint density at radius 2 is 1.93 bits per heavy atom. The van der Waals surface area contributed by atoms with Crippen molar-refractivity contribution in [3.05, 3.63) is 0 Å². The van der Waals surface area contributed by atoms with E-state index in [-0.39, 0.29) is 6.61 Å². The Kier molecular flexibility index (Phi) is 4.35. The van der Waals surface area contributed by atoms with Crippen LogP contribution in [-0.2, 0) is 4.74 Å². The fraction of sp³-hybridized carbons (Fsp3) is 1.00. The van der Waals surface area contributed by atoms with E-state index in [4.69, 9.17) is 15.6 Å². The standard InChI is InChI=1S/C11H23NO2/c1-9-3-5-10(6-4-9)14-8-11(2,12)7-13/h9-10,13H,3-8,12H2,1-2H3.